The molecular weight excluding hydrogens is 304 g/mol. The van der Waals surface area contributed by atoms with Crippen molar-refractivity contribution in [2.75, 3.05) is 0 Å². The summed E-state index contributed by atoms with van der Waals surface area (Å²) in [5.41, 5.74) is 0. The molecule has 0 aromatic rings. The average Bonchev–Trinajstić information content (AvgIpc) is 2.58. The van der Waals surface area contributed by atoms with Crippen LogP contribution in [0.1, 0.15) is 71.6 Å². The fraction of sp³-hybridized carbons (Fsp3) is 0.700. The fourth-order valence-corrected chi connectivity index (χ4v) is 3.38. The van der Waals surface area contributed by atoms with Crippen molar-refractivity contribution >= 4 is 11.9 Å². The van der Waals surface area contributed by atoms with Crippen LogP contribution >= 0.6 is 0 Å². The van der Waals surface area contributed by atoms with Crippen molar-refractivity contribution in [3.63, 3.8) is 0 Å². The summed E-state index contributed by atoms with van der Waals surface area (Å²) in [4.78, 5) is 23.8. The van der Waals surface area contributed by atoms with Crippen LogP contribution in [0.2, 0.25) is 0 Å². The van der Waals surface area contributed by atoms with Crippen molar-refractivity contribution in [3.8, 4) is 0 Å². The highest BCUT2D eigenvalue weighted by Gasteiger charge is 2.45. The third-order valence-corrected chi connectivity index (χ3v) is 4.66. The van der Waals surface area contributed by atoms with Gasteiger partial charge in [0.15, 0.2) is 0 Å². The average molecular weight is 336 g/mol. The van der Waals surface area contributed by atoms with Crippen molar-refractivity contribution in [2.45, 2.75) is 77.4 Å². The monoisotopic (exact) mass is 336 g/mol. The minimum Gasteiger partial charge on any atom is -0.419 e. The number of hydrogen-bond acceptors (Lipinski definition) is 4. The molecule has 0 bridgehead atoms. The Morgan fingerprint density at radius 1 is 1.04 bits per heavy atom. The van der Waals surface area contributed by atoms with Crippen LogP contribution in [-0.2, 0) is 19.1 Å². The lowest BCUT2D eigenvalue weighted by atomic mass is 9.80. The molecule has 136 valence electrons. The Kier molecular flexibility index (Phi) is 8.80. The molecule has 1 aliphatic rings. The van der Waals surface area contributed by atoms with Gasteiger partial charge in [-0.15, -0.1) is 0 Å². The van der Waals surface area contributed by atoms with Gasteiger partial charge in [-0.3, -0.25) is 0 Å². The van der Waals surface area contributed by atoms with E-state index in [-0.39, 0.29) is 5.92 Å². The molecule has 1 saturated carbocycles. The number of unbranched alkanes of at least 4 members (excludes halogenated alkanes) is 1. The molecule has 1 fully saturated rings. The van der Waals surface area contributed by atoms with E-state index in [0.717, 1.165) is 57.1 Å². The highest BCUT2D eigenvalue weighted by atomic mass is 16.7. The maximum Gasteiger partial charge on any atom is 0.333 e. The smallest absolute Gasteiger partial charge is 0.333 e. The van der Waals surface area contributed by atoms with Crippen LogP contribution in [0.3, 0.4) is 0 Å². The fourth-order valence-electron chi connectivity index (χ4n) is 3.38. The Hall–Kier alpha value is -1.58. The first-order chi connectivity index (χ1) is 11.4. The van der Waals surface area contributed by atoms with E-state index in [0.29, 0.717) is 12.3 Å². The van der Waals surface area contributed by atoms with Crippen LogP contribution in [0.5, 0.6) is 0 Å². The van der Waals surface area contributed by atoms with Gasteiger partial charge in [0, 0.05) is 24.5 Å². The minimum absolute atomic E-state index is 0.0399. The molecule has 0 radical (unpaired) electrons. The lowest BCUT2D eigenvalue weighted by Gasteiger charge is -2.40. The van der Waals surface area contributed by atoms with Gasteiger partial charge in [-0.1, -0.05) is 59.1 Å². The third kappa shape index (κ3) is 6.50. The van der Waals surface area contributed by atoms with Gasteiger partial charge in [-0.2, -0.15) is 0 Å². The molecule has 0 aromatic heterocycles. The second-order valence-corrected chi connectivity index (χ2v) is 7.04. The van der Waals surface area contributed by atoms with E-state index in [1.165, 1.54) is 6.42 Å². The summed E-state index contributed by atoms with van der Waals surface area (Å²) < 4.78 is 11.3. The molecule has 1 rings (SSSR count). The van der Waals surface area contributed by atoms with Crippen LogP contribution < -0.4 is 0 Å². The first-order valence-electron chi connectivity index (χ1n) is 9.14. The molecule has 0 saturated heterocycles. The molecule has 0 unspecified atom stereocenters. The van der Waals surface area contributed by atoms with Crippen LogP contribution in [0, 0.1) is 11.8 Å². The Morgan fingerprint density at radius 2 is 1.58 bits per heavy atom. The summed E-state index contributed by atoms with van der Waals surface area (Å²) in [5, 5.41) is 0. The SMILES string of the molecule is C=CC(=O)OC(CCCCC(C)C)(OC(=O)C=C)C1CCCCC1. The third-order valence-electron chi connectivity index (χ3n) is 4.66. The Bertz CT molecular complexity index is 411. The molecule has 4 nitrogen and oxygen atoms in total. The predicted octanol–water partition coefficient (Wildman–Crippen LogP) is 4.94. The largest absolute Gasteiger partial charge is 0.419 e. The summed E-state index contributed by atoms with van der Waals surface area (Å²) in [6.07, 6.45) is 10.9. The molecule has 0 aromatic carbocycles. The number of rotatable bonds is 10. The topological polar surface area (TPSA) is 52.6 Å². The van der Waals surface area contributed by atoms with E-state index in [1.54, 1.807) is 0 Å². The second-order valence-electron chi connectivity index (χ2n) is 7.04. The minimum atomic E-state index is -1.19. The van der Waals surface area contributed by atoms with Gasteiger partial charge < -0.3 is 9.47 Å². The molecule has 0 N–H and O–H groups in total. The van der Waals surface area contributed by atoms with Crippen molar-refractivity contribution in [1.82, 2.24) is 0 Å². The van der Waals surface area contributed by atoms with E-state index in [2.05, 4.69) is 27.0 Å². The highest BCUT2D eigenvalue weighted by molar-refractivity contribution is 5.83. The van der Waals surface area contributed by atoms with Crippen LogP contribution in [0.4, 0.5) is 0 Å². The highest BCUT2D eigenvalue weighted by Crippen LogP contribution is 2.40. The van der Waals surface area contributed by atoms with E-state index in [4.69, 9.17) is 9.47 Å². The lowest BCUT2D eigenvalue weighted by Crippen LogP contribution is -2.47. The van der Waals surface area contributed by atoms with Gasteiger partial charge in [0.25, 0.3) is 5.79 Å². The van der Waals surface area contributed by atoms with Crippen molar-refractivity contribution < 1.29 is 19.1 Å². The number of esters is 2. The first-order valence-corrected chi connectivity index (χ1v) is 9.14. The number of carbonyl (C=O) groups is 2. The molecule has 0 spiro atoms. The molecule has 0 amide bonds. The van der Waals surface area contributed by atoms with E-state index in [1.807, 2.05) is 0 Å². The van der Waals surface area contributed by atoms with Gasteiger partial charge in [0.2, 0.25) is 0 Å². The molecule has 24 heavy (non-hydrogen) atoms. The van der Waals surface area contributed by atoms with Crippen LogP contribution in [0.25, 0.3) is 0 Å². The van der Waals surface area contributed by atoms with Gasteiger partial charge in [0.1, 0.15) is 0 Å². The number of carbonyl (C=O) groups excluding carboxylic acids is 2. The lowest BCUT2D eigenvalue weighted by molar-refractivity contribution is -0.249. The first kappa shape index (κ1) is 20.5. The molecule has 0 aliphatic heterocycles. The molecular formula is C20H32O4. The van der Waals surface area contributed by atoms with Gasteiger partial charge in [-0.25, -0.2) is 9.59 Å². The molecule has 0 atom stereocenters. The summed E-state index contributed by atoms with van der Waals surface area (Å²) in [7, 11) is 0. The summed E-state index contributed by atoms with van der Waals surface area (Å²) >= 11 is 0. The van der Waals surface area contributed by atoms with Crippen molar-refractivity contribution in [1.29, 1.82) is 0 Å². The Morgan fingerprint density at radius 3 is 2.04 bits per heavy atom. The summed E-state index contributed by atoms with van der Waals surface area (Å²) in [6.45, 7) is 11.3. The number of hydrogen-bond donors (Lipinski definition) is 0. The zero-order valence-electron chi connectivity index (χ0n) is 15.2. The quantitative estimate of drug-likeness (QED) is 0.245. The van der Waals surface area contributed by atoms with Gasteiger partial charge >= 0.3 is 11.9 Å². The van der Waals surface area contributed by atoms with E-state index < -0.39 is 17.7 Å². The molecule has 4 heteroatoms. The van der Waals surface area contributed by atoms with Crippen LogP contribution in [-0.4, -0.2) is 17.7 Å². The number of ether oxygens (including phenoxy) is 2. The maximum absolute atomic E-state index is 11.9. The standard InChI is InChI=1S/C20H32O4/c1-5-18(21)23-20(24-19(22)6-2,15-11-10-12-16(3)4)17-13-8-7-9-14-17/h5-6,16-17H,1-2,7-15H2,3-4H3. The molecule has 1 aliphatic carbocycles. The Labute approximate surface area is 146 Å². The van der Waals surface area contributed by atoms with Gasteiger partial charge in [0.05, 0.1) is 0 Å². The Balaban J connectivity index is 2.95. The summed E-state index contributed by atoms with van der Waals surface area (Å²) in [6, 6.07) is 0. The van der Waals surface area contributed by atoms with Gasteiger partial charge in [-0.05, 0) is 25.2 Å². The van der Waals surface area contributed by atoms with Crippen molar-refractivity contribution in [3.05, 3.63) is 25.3 Å². The maximum atomic E-state index is 11.9. The summed E-state index contributed by atoms with van der Waals surface area (Å²) in [5.74, 6) is -1.60. The van der Waals surface area contributed by atoms with E-state index >= 15 is 0 Å². The zero-order chi connectivity index (χ0) is 18.0. The zero-order valence-corrected chi connectivity index (χ0v) is 15.2. The predicted molar refractivity (Wildman–Crippen MR) is 95.2 cm³/mol. The normalized spacial score (nSPS) is 15.8. The van der Waals surface area contributed by atoms with Crippen molar-refractivity contribution in [2.24, 2.45) is 11.8 Å². The second kappa shape index (κ2) is 10.3. The van der Waals surface area contributed by atoms with E-state index in [9.17, 15) is 9.59 Å². The van der Waals surface area contributed by atoms with Crippen LogP contribution in [0.15, 0.2) is 25.3 Å². The molecule has 0 heterocycles.